The highest BCUT2D eigenvalue weighted by Crippen LogP contribution is 2.36. The molecule has 0 radical (unpaired) electrons. The largest absolute Gasteiger partial charge is 0.481 e. The van der Waals surface area contributed by atoms with Gasteiger partial charge in [-0.2, -0.15) is 0 Å². The third-order valence-corrected chi connectivity index (χ3v) is 5.05. The maximum atomic E-state index is 10.5. The van der Waals surface area contributed by atoms with Gasteiger partial charge in [-0.1, -0.05) is 24.3 Å². The topological polar surface area (TPSA) is 107 Å². The van der Waals surface area contributed by atoms with Crippen LogP contribution in [0, 0.1) is 11.8 Å². The molecule has 0 spiro atoms. The minimum absolute atomic E-state index is 0.0860. The van der Waals surface area contributed by atoms with Crippen LogP contribution in [0.2, 0.25) is 0 Å². The van der Waals surface area contributed by atoms with Gasteiger partial charge in [-0.25, -0.2) is 0 Å². The Kier molecular flexibility index (Phi) is 12.3. The maximum Gasteiger partial charge on any atom is 0.303 e. The number of hydrogen-bond donors (Lipinski definition) is 4. The number of rotatable bonds is 14. The van der Waals surface area contributed by atoms with Crippen molar-refractivity contribution < 1.29 is 30.0 Å². The highest BCUT2D eigenvalue weighted by Gasteiger charge is 2.39. The molecule has 0 aromatic carbocycles. The zero-order valence-electron chi connectivity index (χ0n) is 16.4. The standard InChI is InChI=1S/C21H36O6/c1-2-27-14-8-7-9-16(22)12-13-18-17(19(23)15-20(18)24)10-5-3-4-6-11-21(25)26/h3,5,12-13,16-20,22-24H,2,4,6-11,14-15H2,1H3,(H,25,26)/t16-,17?,18-,19?,20?/m0/s1. The van der Waals surface area contributed by atoms with Crippen LogP contribution in [0.5, 0.6) is 0 Å². The number of allylic oxidation sites excluding steroid dienone is 2. The molecule has 0 bridgehead atoms. The van der Waals surface area contributed by atoms with E-state index in [1.807, 2.05) is 25.2 Å². The highest BCUT2D eigenvalue weighted by atomic mass is 16.5. The van der Waals surface area contributed by atoms with Crippen molar-refractivity contribution in [2.24, 2.45) is 11.8 Å². The van der Waals surface area contributed by atoms with Crippen molar-refractivity contribution in [2.75, 3.05) is 13.2 Å². The van der Waals surface area contributed by atoms with Crippen molar-refractivity contribution in [2.45, 2.75) is 76.6 Å². The molecular weight excluding hydrogens is 348 g/mol. The number of aliphatic hydroxyl groups excluding tert-OH is 3. The molecule has 1 aliphatic rings. The summed E-state index contributed by atoms with van der Waals surface area (Å²) in [5.41, 5.74) is 0. The van der Waals surface area contributed by atoms with Crippen LogP contribution in [0.25, 0.3) is 0 Å². The average Bonchev–Trinajstić information content (AvgIpc) is 2.88. The van der Waals surface area contributed by atoms with Crippen molar-refractivity contribution in [3.63, 3.8) is 0 Å². The fourth-order valence-electron chi connectivity index (χ4n) is 3.50. The van der Waals surface area contributed by atoms with Gasteiger partial charge in [-0.3, -0.25) is 4.79 Å². The molecule has 1 fully saturated rings. The summed E-state index contributed by atoms with van der Waals surface area (Å²) >= 11 is 0. The molecule has 0 saturated heterocycles. The second kappa shape index (κ2) is 13.9. The first-order valence-corrected chi connectivity index (χ1v) is 10.1. The normalized spacial score (nSPS) is 27.0. The maximum absolute atomic E-state index is 10.5. The molecule has 1 aliphatic carbocycles. The first-order chi connectivity index (χ1) is 13.0. The number of ether oxygens (including phenoxy) is 1. The minimum Gasteiger partial charge on any atom is -0.481 e. The van der Waals surface area contributed by atoms with E-state index in [2.05, 4.69) is 0 Å². The fourth-order valence-corrected chi connectivity index (χ4v) is 3.50. The van der Waals surface area contributed by atoms with E-state index in [1.165, 1.54) is 0 Å². The van der Waals surface area contributed by atoms with Crippen LogP contribution in [-0.2, 0) is 9.53 Å². The molecule has 0 amide bonds. The van der Waals surface area contributed by atoms with Gasteiger partial charge in [0.05, 0.1) is 18.3 Å². The number of carboxylic acid groups (broad SMARTS) is 1. The molecule has 0 aromatic heterocycles. The molecule has 0 heterocycles. The lowest BCUT2D eigenvalue weighted by atomic mass is 9.89. The Morgan fingerprint density at radius 2 is 1.96 bits per heavy atom. The van der Waals surface area contributed by atoms with Crippen LogP contribution in [0.4, 0.5) is 0 Å². The second-order valence-corrected chi connectivity index (χ2v) is 7.25. The summed E-state index contributed by atoms with van der Waals surface area (Å²) in [6, 6.07) is 0. The van der Waals surface area contributed by atoms with E-state index in [9.17, 15) is 20.1 Å². The van der Waals surface area contributed by atoms with Crippen molar-refractivity contribution in [3.8, 4) is 0 Å². The lowest BCUT2D eigenvalue weighted by Crippen LogP contribution is -2.20. The fraction of sp³-hybridized carbons (Fsp3) is 0.762. The van der Waals surface area contributed by atoms with E-state index >= 15 is 0 Å². The molecule has 1 rings (SSSR count). The summed E-state index contributed by atoms with van der Waals surface area (Å²) in [4.78, 5) is 10.5. The summed E-state index contributed by atoms with van der Waals surface area (Å²) < 4.78 is 5.27. The van der Waals surface area contributed by atoms with Crippen LogP contribution in [0.3, 0.4) is 0 Å². The summed E-state index contributed by atoms with van der Waals surface area (Å²) in [7, 11) is 0. The van der Waals surface area contributed by atoms with Gasteiger partial charge in [0, 0.05) is 32.0 Å². The van der Waals surface area contributed by atoms with Gasteiger partial charge < -0.3 is 25.2 Å². The van der Waals surface area contributed by atoms with Gasteiger partial charge in [0.25, 0.3) is 0 Å². The summed E-state index contributed by atoms with van der Waals surface area (Å²) in [6.07, 6.45) is 10.6. The van der Waals surface area contributed by atoms with Gasteiger partial charge in [0.1, 0.15) is 0 Å². The Hall–Kier alpha value is -1.21. The van der Waals surface area contributed by atoms with Crippen LogP contribution in [0.1, 0.15) is 58.3 Å². The van der Waals surface area contributed by atoms with Gasteiger partial charge in [0.15, 0.2) is 0 Å². The van der Waals surface area contributed by atoms with E-state index in [0.717, 1.165) is 12.8 Å². The molecule has 5 atom stereocenters. The predicted octanol–water partition coefficient (Wildman–Crippen LogP) is 2.67. The van der Waals surface area contributed by atoms with E-state index in [4.69, 9.17) is 9.84 Å². The van der Waals surface area contributed by atoms with E-state index in [0.29, 0.717) is 45.3 Å². The number of carboxylic acids is 1. The monoisotopic (exact) mass is 384 g/mol. The molecule has 6 nitrogen and oxygen atoms in total. The van der Waals surface area contributed by atoms with Gasteiger partial charge in [-0.15, -0.1) is 0 Å². The minimum atomic E-state index is -0.792. The zero-order valence-corrected chi connectivity index (χ0v) is 16.4. The lowest BCUT2D eigenvalue weighted by molar-refractivity contribution is -0.137. The molecule has 1 saturated carbocycles. The molecule has 6 heteroatoms. The average molecular weight is 385 g/mol. The first kappa shape index (κ1) is 23.8. The quantitative estimate of drug-likeness (QED) is 0.271. The molecule has 4 N–H and O–H groups in total. The molecule has 3 unspecified atom stereocenters. The molecule has 0 aliphatic heterocycles. The zero-order chi connectivity index (χ0) is 20.1. The SMILES string of the molecule is CCOCCCC[C@H](O)C=C[C@@H]1C(O)CC(O)C1CC=CCCCC(=O)O. The van der Waals surface area contributed by atoms with Crippen LogP contribution >= 0.6 is 0 Å². The van der Waals surface area contributed by atoms with E-state index in [1.54, 1.807) is 6.08 Å². The van der Waals surface area contributed by atoms with Crippen LogP contribution in [0.15, 0.2) is 24.3 Å². The Balaban J connectivity index is 2.41. The number of unbranched alkanes of at least 4 members (excludes halogenated alkanes) is 2. The smallest absolute Gasteiger partial charge is 0.303 e. The highest BCUT2D eigenvalue weighted by molar-refractivity contribution is 5.66. The van der Waals surface area contributed by atoms with Crippen LogP contribution < -0.4 is 0 Å². The third-order valence-electron chi connectivity index (χ3n) is 5.05. The van der Waals surface area contributed by atoms with E-state index < -0.39 is 24.3 Å². The third kappa shape index (κ3) is 10.1. The van der Waals surface area contributed by atoms with Crippen molar-refractivity contribution in [3.05, 3.63) is 24.3 Å². The van der Waals surface area contributed by atoms with Crippen molar-refractivity contribution in [1.29, 1.82) is 0 Å². The Labute approximate surface area is 162 Å². The number of aliphatic hydroxyl groups is 3. The summed E-state index contributed by atoms with van der Waals surface area (Å²) in [6.45, 7) is 3.38. The molecule has 27 heavy (non-hydrogen) atoms. The lowest BCUT2D eigenvalue weighted by Gasteiger charge is -2.19. The van der Waals surface area contributed by atoms with Crippen LogP contribution in [-0.4, -0.2) is 57.9 Å². The molecule has 0 aromatic rings. The van der Waals surface area contributed by atoms with Gasteiger partial charge >= 0.3 is 5.97 Å². The van der Waals surface area contributed by atoms with Gasteiger partial charge in [-0.05, 0) is 51.4 Å². The second-order valence-electron chi connectivity index (χ2n) is 7.25. The number of hydrogen-bond acceptors (Lipinski definition) is 5. The molecule has 156 valence electrons. The number of aliphatic carboxylic acids is 1. The Morgan fingerprint density at radius 1 is 1.19 bits per heavy atom. The number of carbonyl (C=O) groups is 1. The molecular formula is C21H36O6. The van der Waals surface area contributed by atoms with Crippen molar-refractivity contribution >= 4 is 5.97 Å². The summed E-state index contributed by atoms with van der Waals surface area (Å²) in [5.74, 6) is -1.06. The first-order valence-electron chi connectivity index (χ1n) is 10.1. The summed E-state index contributed by atoms with van der Waals surface area (Å²) in [5, 5.41) is 39.1. The van der Waals surface area contributed by atoms with E-state index in [-0.39, 0.29) is 18.3 Å². The predicted molar refractivity (Wildman–Crippen MR) is 104 cm³/mol. The van der Waals surface area contributed by atoms with Gasteiger partial charge in [0.2, 0.25) is 0 Å². The Morgan fingerprint density at radius 3 is 2.67 bits per heavy atom. The Bertz CT molecular complexity index is 462. The van der Waals surface area contributed by atoms with Crippen molar-refractivity contribution in [1.82, 2.24) is 0 Å².